The van der Waals surface area contributed by atoms with Crippen LogP contribution < -0.4 is 9.47 Å². The molecule has 0 spiro atoms. The van der Waals surface area contributed by atoms with Crippen molar-refractivity contribution in [2.24, 2.45) is 0 Å². The third-order valence-corrected chi connectivity index (χ3v) is 5.30. The first-order valence-corrected chi connectivity index (χ1v) is 9.32. The minimum atomic E-state index is -0.227. The van der Waals surface area contributed by atoms with Crippen LogP contribution in [0.1, 0.15) is 36.6 Å². The Morgan fingerprint density at radius 1 is 1.19 bits per heavy atom. The number of fused-ring (bicyclic) bond motifs is 1. The Hall–Kier alpha value is -2.46. The van der Waals surface area contributed by atoms with Crippen molar-refractivity contribution in [1.82, 2.24) is 4.90 Å². The Kier molecular flexibility index (Phi) is 5.76. The fraction of sp³-hybridized carbons (Fsp3) is 0.318. The zero-order valence-electron chi connectivity index (χ0n) is 16.1. The minimum absolute atomic E-state index is 0.0305. The number of benzene rings is 2. The van der Waals surface area contributed by atoms with Gasteiger partial charge in [0.2, 0.25) is 5.91 Å². The number of nitrogens with zero attached hydrogens (tertiary/aromatic N) is 1. The maximum atomic E-state index is 13.1. The number of ether oxygens (including phenoxy) is 2. The lowest BCUT2D eigenvalue weighted by Gasteiger charge is -2.38. The molecular weight excluding hydrogens is 362 g/mol. The lowest BCUT2D eigenvalue weighted by Crippen LogP contribution is -2.41. The summed E-state index contributed by atoms with van der Waals surface area (Å²) in [4.78, 5) is 15.0. The Bertz CT molecular complexity index is 891. The Morgan fingerprint density at radius 3 is 2.52 bits per heavy atom. The van der Waals surface area contributed by atoms with Crippen LogP contribution in [0.4, 0.5) is 0 Å². The number of hydrogen-bond acceptors (Lipinski definition) is 3. The number of rotatable bonds is 4. The lowest BCUT2D eigenvalue weighted by atomic mass is 9.87. The molecule has 0 saturated carbocycles. The fourth-order valence-corrected chi connectivity index (χ4v) is 3.75. The van der Waals surface area contributed by atoms with Crippen LogP contribution in [0.2, 0.25) is 5.02 Å². The molecule has 4 nitrogen and oxygen atoms in total. The van der Waals surface area contributed by atoms with Crippen LogP contribution in [0, 0.1) is 0 Å². The van der Waals surface area contributed by atoms with Gasteiger partial charge < -0.3 is 14.4 Å². The summed E-state index contributed by atoms with van der Waals surface area (Å²) in [5.41, 5.74) is 3.90. The molecule has 0 bridgehead atoms. The molecule has 0 radical (unpaired) electrons. The molecule has 5 heteroatoms. The van der Waals surface area contributed by atoms with Gasteiger partial charge in [-0.1, -0.05) is 29.8 Å². The van der Waals surface area contributed by atoms with Crippen molar-refractivity contribution in [3.8, 4) is 11.5 Å². The second-order valence-electron chi connectivity index (χ2n) is 6.58. The predicted molar refractivity (Wildman–Crippen MR) is 108 cm³/mol. The standard InChI is InChI=1S/C22H24ClNO3/c1-5-14(2)22(25)24-10-9-15-12-19(26-3)20(27-4)13-18(15)21(24)16-7-6-8-17(23)11-16/h5-8,11-13,21H,9-10H2,1-4H3/b14-5+/t21-/m0/s1. The van der Waals surface area contributed by atoms with Crippen LogP contribution in [0.3, 0.4) is 0 Å². The van der Waals surface area contributed by atoms with E-state index in [0.29, 0.717) is 23.1 Å². The van der Waals surface area contributed by atoms with Crippen LogP contribution in [0.15, 0.2) is 48.0 Å². The molecule has 0 unspecified atom stereocenters. The van der Waals surface area contributed by atoms with Gasteiger partial charge in [0.05, 0.1) is 20.3 Å². The first kappa shape index (κ1) is 19.3. The lowest BCUT2D eigenvalue weighted by molar-refractivity contribution is -0.129. The number of carbonyl (C=O) groups is 1. The summed E-state index contributed by atoms with van der Waals surface area (Å²) in [5.74, 6) is 1.38. The second kappa shape index (κ2) is 8.05. The van der Waals surface area contributed by atoms with Gasteiger partial charge in [0.15, 0.2) is 11.5 Å². The molecule has 0 aromatic heterocycles. The number of hydrogen-bond donors (Lipinski definition) is 0. The Labute approximate surface area is 165 Å². The third kappa shape index (κ3) is 3.67. The van der Waals surface area contributed by atoms with Crippen molar-refractivity contribution in [3.05, 3.63) is 69.8 Å². The highest BCUT2D eigenvalue weighted by atomic mass is 35.5. The number of allylic oxidation sites excluding steroid dienone is 1. The number of methoxy groups -OCH3 is 2. The summed E-state index contributed by atoms with van der Waals surface area (Å²) < 4.78 is 11.0. The highest BCUT2D eigenvalue weighted by molar-refractivity contribution is 6.30. The summed E-state index contributed by atoms with van der Waals surface area (Å²) in [5, 5.41) is 0.648. The van der Waals surface area contributed by atoms with E-state index in [-0.39, 0.29) is 11.9 Å². The molecule has 142 valence electrons. The average Bonchev–Trinajstić information content (AvgIpc) is 2.70. The topological polar surface area (TPSA) is 38.8 Å². The van der Waals surface area contributed by atoms with E-state index in [2.05, 4.69) is 0 Å². The average molecular weight is 386 g/mol. The second-order valence-corrected chi connectivity index (χ2v) is 7.02. The van der Waals surface area contributed by atoms with Crippen LogP contribution in [0.25, 0.3) is 0 Å². The van der Waals surface area contributed by atoms with Gasteiger partial charge in [0, 0.05) is 17.1 Å². The van der Waals surface area contributed by atoms with E-state index >= 15 is 0 Å². The molecule has 0 fully saturated rings. The Morgan fingerprint density at radius 2 is 1.89 bits per heavy atom. The summed E-state index contributed by atoms with van der Waals surface area (Å²) in [7, 11) is 3.25. The molecule has 0 saturated heterocycles. The quantitative estimate of drug-likeness (QED) is 0.710. The fourth-order valence-electron chi connectivity index (χ4n) is 3.55. The number of halogens is 1. The molecular formula is C22H24ClNO3. The van der Waals surface area contributed by atoms with E-state index in [4.69, 9.17) is 21.1 Å². The van der Waals surface area contributed by atoms with Gasteiger partial charge in [-0.3, -0.25) is 4.79 Å². The first-order valence-electron chi connectivity index (χ1n) is 8.94. The van der Waals surface area contributed by atoms with Crippen LogP contribution in [0.5, 0.6) is 11.5 Å². The van der Waals surface area contributed by atoms with Gasteiger partial charge >= 0.3 is 0 Å². The van der Waals surface area contributed by atoms with E-state index in [0.717, 1.165) is 28.7 Å². The molecule has 1 aliphatic rings. The summed E-state index contributed by atoms with van der Waals surface area (Å²) in [6.07, 6.45) is 2.61. The smallest absolute Gasteiger partial charge is 0.249 e. The van der Waals surface area contributed by atoms with E-state index < -0.39 is 0 Å². The zero-order valence-corrected chi connectivity index (χ0v) is 16.8. The van der Waals surface area contributed by atoms with Crippen molar-refractivity contribution in [3.63, 3.8) is 0 Å². The van der Waals surface area contributed by atoms with Crippen LogP contribution in [-0.4, -0.2) is 31.6 Å². The molecule has 1 heterocycles. The minimum Gasteiger partial charge on any atom is -0.493 e. The maximum Gasteiger partial charge on any atom is 0.249 e. The molecule has 0 N–H and O–H groups in total. The normalized spacial score (nSPS) is 16.7. The summed E-state index contributed by atoms with van der Waals surface area (Å²) in [6, 6.07) is 11.4. The van der Waals surface area contributed by atoms with Crippen molar-refractivity contribution in [2.45, 2.75) is 26.3 Å². The van der Waals surface area contributed by atoms with Crippen molar-refractivity contribution in [1.29, 1.82) is 0 Å². The molecule has 27 heavy (non-hydrogen) atoms. The third-order valence-electron chi connectivity index (χ3n) is 5.07. The molecule has 1 atom stereocenters. The van der Waals surface area contributed by atoms with Gasteiger partial charge in [-0.15, -0.1) is 0 Å². The number of carbonyl (C=O) groups excluding carboxylic acids is 1. The summed E-state index contributed by atoms with van der Waals surface area (Å²) in [6.45, 7) is 4.36. The highest BCUT2D eigenvalue weighted by Crippen LogP contribution is 2.41. The molecule has 3 rings (SSSR count). The molecule has 2 aromatic carbocycles. The van der Waals surface area contributed by atoms with Gasteiger partial charge in [0.1, 0.15) is 0 Å². The molecule has 1 aliphatic heterocycles. The van der Waals surface area contributed by atoms with Gasteiger partial charge in [-0.05, 0) is 61.2 Å². The first-order chi connectivity index (χ1) is 13.0. The van der Waals surface area contributed by atoms with Crippen LogP contribution in [-0.2, 0) is 11.2 Å². The van der Waals surface area contributed by atoms with E-state index in [1.807, 2.05) is 61.2 Å². The zero-order chi connectivity index (χ0) is 19.6. The summed E-state index contributed by atoms with van der Waals surface area (Å²) >= 11 is 6.25. The highest BCUT2D eigenvalue weighted by Gasteiger charge is 2.33. The number of amides is 1. The predicted octanol–water partition coefficient (Wildman–Crippen LogP) is 4.80. The van der Waals surface area contributed by atoms with E-state index in [9.17, 15) is 4.79 Å². The largest absolute Gasteiger partial charge is 0.493 e. The van der Waals surface area contributed by atoms with Gasteiger partial charge in [-0.2, -0.15) is 0 Å². The van der Waals surface area contributed by atoms with Gasteiger partial charge in [0.25, 0.3) is 0 Å². The van der Waals surface area contributed by atoms with E-state index in [1.54, 1.807) is 14.2 Å². The van der Waals surface area contributed by atoms with Crippen LogP contribution >= 0.6 is 11.6 Å². The maximum absolute atomic E-state index is 13.1. The van der Waals surface area contributed by atoms with Crippen molar-refractivity contribution < 1.29 is 14.3 Å². The molecule has 0 aliphatic carbocycles. The molecule has 2 aromatic rings. The van der Waals surface area contributed by atoms with Gasteiger partial charge in [-0.25, -0.2) is 0 Å². The van der Waals surface area contributed by atoms with Crippen molar-refractivity contribution in [2.75, 3.05) is 20.8 Å². The van der Waals surface area contributed by atoms with E-state index in [1.165, 1.54) is 0 Å². The molecule has 1 amide bonds. The van der Waals surface area contributed by atoms with Crippen molar-refractivity contribution >= 4 is 17.5 Å². The Balaban J connectivity index is 2.19. The monoisotopic (exact) mass is 385 g/mol. The SMILES string of the molecule is C/C=C(\C)C(=O)N1CCc2cc(OC)c(OC)cc2[C@@H]1c1cccc(Cl)c1.